The van der Waals surface area contributed by atoms with E-state index in [4.69, 9.17) is 9.72 Å². The molecule has 0 spiro atoms. The summed E-state index contributed by atoms with van der Waals surface area (Å²) in [6.45, 7) is 13.7. The summed E-state index contributed by atoms with van der Waals surface area (Å²) >= 11 is 0. The second-order valence-electron chi connectivity index (χ2n) is 11.5. The van der Waals surface area contributed by atoms with E-state index in [2.05, 4.69) is 39.0 Å². The molecule has 210 valence electrons. The number of carbonyl (C=O) groups is 1. The molecule has 4 heterocycles. The minimum atomic E-state index is -0.538. The molecule has 0 saturated carbocycles. The van der Waals surface area contributed by atoms with Crippen LogP contribution in [0.15, 0.2) is 48.9 Å². The average Bonchev–Trinajstić information content (AvgIpc) is 3.33. The van der Waals surface area contributed by atoms with Gasteiger partial charge in [-0.3, -0.25) is 0 Å². The summed E-state index contributed by atoms with van der Waals surface area (Å²) in [6.07, 6.45) is 5.26. The van der Waals surface area contributed by atoms with Gasteiger partial charge < -0.3 is 24.8 Å². The molecule has 4 aromatic rings. The maximum absolute atomic E-state index is 13.5. The second kappa shape index (κ2) is 10.7. The fraction of sp³-hybridized carbons (Fsp3) is 0.400. The normalized spacial score (nSPS) is 16.1. The quantitative estimate of drug-likeness (QED) is 0.296. The third-order valence-electron chi connectivity index (χ3n) is 6.94. The summed E-state index contributed by atoms with van der Waals surface area (Å²) in [5.41, 5.74) is 3.77. The molecule has 40 heavy (non-hydrogen) atoms. The molecule has 0 radical (unpaired) electrons. The van der Waals surface area contributed by atoms with E-state index in [1.165, 1.54) is 12.1 Å². The average molecular weight is 546 g/mol. The number of ether oxygens (including phenoxy) is 1. The highest BCUT2D eigenvalue weighted by Gasteiger charge is 2.32. The zero-order chi connectivity index (χ0) is 28.6. The van der Waals surface area contributed by atoms with E-state index in [-0.39, 0.29) is 23.9 Å². The van der Waals surface area contributed by atoms with Crippen molar-refractivity contribution in [3.63, 3.8) is 0 Å². The maximum atomic E-state index is 13.5. The molecule has 1 amide bonds. The molecule has 10 heteroatoms. The predicted molar refractivity (Wildman–Crippen MR) is 156 cm³/mol. The summed E-state index contributed by atoms with van der Waals surface area (Å²) < 4.78 is 19.1. The number of anilines is 3. The van der Waals surface area contributed by atoms with Crippen LogP contribution in [0.4, 0.5) is 26.4 Å². The van der Waals surface area contributed by atoms with Gasteiger partial charge in [0, 0.05) is 55.4 Å². The molecule has 1 aromatic carbocycles. The van der Waals surface area contributed by atoms with Crippen LogP contribution in [-0.2, 0) is 4.74 Å². The lowest BCUT2D eigenvalue weighted by Gasteiger charge is -2.41. The predicted octanol–water partition coefficient (Wildman–Crippen LogP) is 6.47. The fourth-order valence-corrected chi connectivity index (χ4v) is 4.94. The van der Waals surface area contributed by atoms with Crippen LogP contribution in [0.5, 0.6) is 0 Å². The molecule has 5 rings (SSSR count). The van der Waals surface area contributed by atoms with Crippen molar-refractivity contribution in [2.24, 2.45) is 0 Å². The van der Waals surface area contributed by atoms with Crippen molar-refractivity contribution in [3.05, 3.63) is 60.3 Å². The Labute approximate surface area is 233 Å². The Hall–Kier alpha value is -4.21. The standard InChI is InChI=1S/C30H36FN7O2/c1-18(2)22-15-33-26(20-7-9-21(31)10-8-20)36-27(22)35-23-11-12-32-28-25(23)24(16-34-28)37-13-14-38(19(3)17-37)29(39)40-30(4,5)6/h7-12,15-16,18-19H,13-14,17H2,1-6H3,(H2,32,33,34,35,36). The number of rotatable bonds is 5. The van der Waals surface area contributed by atoms with E-state index in [0.717, 1.165) is 33.5 Å². The van der Waals surface area contributed by atoms with E-state index < -0.39 is 5.60 Å². The summed E-state index contributed by atoms with van der Waals surface area (Å²) in [5.74, 6) is 1.07. The number of nitrogens with zero attached hydrogens (tertiary/aromatic N) is 5. The number of fused-ring (bicyclic) bond motifs is 1. The van der Waals surface area contributed by atoms with Crippen molar-refractivity contribution in [3.8, 4) is 11.4 Å². The van der Waals surface area contributed by atoms with Crippen LogP contribution in [0.3, 0.4) is 0 Å². The zero-order valence-electron chi connectivity index (χ0n) is 23.8. The van der Waals surface area contributed by atoms with Gasteiger partial charge in [-0.2, -0.15) is 0 Å². The lowest BCUT2D eigenvalue weighted by atomic mass is 10.1. The molecular formula is C30H36FN7O2. The highest BCUT2D eigenvalue weighted by atomic mass is 19.1. The topological polar surface area (TPSA) is 99.3 Å². The van der Waals surface area contributed by atoms with Gasteiger partial charge in [0.15, 0.2) is 5.82 Å². The second-order valence-corrected chi connectivity index (χ2v) is 11.5. The van der Waals surface area contributed by atoms with Crippen molar-refractivity contribution in [2.75, 3.05) is 29.9 Å². The fourth-order valence-electron chi connectivity index (χ4n) is 4.94. The number of aromatic amines is 1. The molecule has 0 aliphatic carbocycles. The van der Waals surface area contributed by atoms with Gasteiger partial charge in [0.2, 0.25) is 0 Å². The smallest absolute Gasteiger partial charge is 0.410 e. The van der Waals surface area contributed by atoms with Gasteiger partial charge in [-0.05, 0) is 63.9 Å². The Morgan fingerprint density at radius 3 is 2.58 bits per heavy atom. The van der Waals surface area contributed by atoms with E-state index in [1.807, 2.05) is 46.2 Å². The Balaban J connectivity index is 1.45. The molecule has 1 aliphatic heterocycles. The van der Waals surface area contributed by atoms with E-state index in [9.17, 15) is 9.18 Å². The van der Waals surface area contributed by atoms with Crippen LogP contribution in [0.1, 0.15) is 53.0 Å². The Morgan fingerprint density at radius 1 is 1.15 bits per heavy atom. The molecule has 1 atom stereocenters. The first-order valence-corrected chi connectivity index (χ1v) is 13.6. The number of piperazine rings is 1. The van der Waals surface area contributed by atoms with Crippen LogP contribution in [0.25, 0.3) is 22.4 Å². The van der Waals surface area contributed by atoms with Crippen LogP contribution < -0.4 is 10.2 Å². The van der Waals surface area contributed by atoms with Crippen molar-refractivity contribution < 1.29 is 13.9 Å². The number of benzene rings is 1. The SMILES string of the molecule is CC(C)c1cnc(-c2ccc(F)cc2)nc1Nc1ccnc2[nH]cc(N3CCN(C(=O)OC(C)(C)C)C(C)C3)c12. The van der Waals surface area contributed by atoms with Gasteiger partial charge >= 0.3 is 6.09 Å². The monoisotopic (exact) mass is 545 g/mol. The first kappa shape index (κ1) is 27.4. The van der Waals surface area contributed by atoms with Crippen molar-refractivity contribution in [1.29, 1.82) is 0 Å². The van der Waals surface area contributed by atoms with Crippen LogP contribution >= 0.6 is 0 Å². The first-order valence-electron chi connectivity index (χ1n) is 13.6. The zero-order valence-corrected chi connectivity index (χ0v) is 23.8. The van der Waals surface area contributed by atoms with E-state index in [0.29, 0.717) is 31.3 Å². The Bertz CT molecular complexity index is 1510. The largest absolute Gasteiger partial charge is 0.444 e. The molecule has 1 saturated heterocycles. The summed E-state index contributed by atoms with van der Waals surface area (Å²) in [7, 11) is 0. The number of hydrogen-bond donors (Lipinski definition) is 2. The number of aromatic nitrogens is 4. The third-order valence-corrected chi connectivity index (χ3v) is 6.94. The molecule has 0 bridgehead atoms. The number of nitrogens with one attached hydrogen (secondary N) is 2. The molecule has 9 nitrogen and oxygen atoms in total. The summed E-state index contributed by atoms with van der Waals surface area (Å²) in [5, 5.41) is 4.49. The van der Waals surface area contributed by atoms with Gasteiger partial charge in [0.05, 0.1) is 16.8 Å². The highest BCUT2D eigenvalue weighted by molar-refractivity contribution is 6.01. The molecule has 1 unspecified atom stereocenters. The maximum Gasteiger partial charge on any atom is 0.410 e. The van der Waals surface area contributed by atoms with Gasteiger partial charge in [0.1, 0.15) is 22.9 Å². The van der Waals surface area contributed by atoms with E-state index >= 15 is 0 Å². The molecule has 1 fully saturated rings. The highest BCUT2D eigenvalue weighted by Crippen LogP contribution is 2.36. The third kappa shape index (κ3) is 5.71. The van der Waals surface area contributed by atoms with Gasteiger partial charge in [-0.1, -0.05) is 13.8 Å². The first-order chi connectivity index (χ1) is 19.0. The van der Waals surface area contributed by atoms with Gasteiger partial charge in [0.25, 0.3) is 0 Å². The van der Waals surface area contributed by atoms with Crippen LogP contribution in [0.2, 0.25) is 0 Å². The number of amides is 1. The molecular weight excluding hydrogens is 509 g/mol. The van der Waals surface area contributed by atoms with Gasteiger partial charge in [-0.25, -0.2) is 24.1 Å². The van der Waals surface area contributed by atoms with Crippen molar-refractivity contribution in [1.82, 2.24) is 24.8 Å². The van der Waals surface area contributed by atoms with E-state index in [1.54, 1.807) is 23.2 Å². The molecule has 1 aliphatic rings. The number of halogens is 1. The number of carbonyl (C=O) groups excluding carboxylic acids is 1. The number of pyridine rings is 1. The summed E-state index contributed by atoms with van der Waals surface area (Å²) in [6, 6.07) is 8.07. The Kier molecular flexibility index (Phi) is 7.35. The van der Waals surface area contributed by atoms with Gasteiger partial charge in [-0.15, -0.1) is 0 Å². The van der Waals surface area contributed by atoms with Crippen LogP contribution in [-0.4, -0.2) is 62.2 Å². The number of hydrogen-bond acceptors (Lipinski definition) is 7. The molecule has 2 N–H and O–H groups in total. The summed E-state index contributed by atoms with van der Waals surface area (Å²) in [4.78, 5) is 34.1. The van der Waals surface area contributed by atoms with Crippen molar-refractivity contribution >= 4 is 34.3 Å². The minimum absolute atomic E-state index is 0.0331. The molecule has 3 aromatic heterocycles. The lowest BCUT2D eigenvalue weighted by molar-refractivity contribution is 0.0159. The minimum Gasteiger partial charge on any atom is -0.444 e. The Morgan fingerprint density at radius 2 is 1.90 bits per heavy atom. The van der Waals surface area contributed by atoms with Crippen LogP contribution in [0, 0.1) is 5.82 Å². The lowest BCUT2D eigenvalue weighted by Crippen LogP contribution is -2.55. The van der Waals surface area contributed by atoms with Crippen molar-refractivity contribution in [2.45, 2.75) is 59.1 Å². The number of H-pyrrole nitrogens is 1.